The summed E-state index contributed by atoms with van der Waals surface area (Å²) in [4.78, 5) is 10.2. The Hall–Kier alpha value is -0.690. The first-order chi connectivity index (χ1) is 4.99. The van der Waals surface area contributed by atoms with Gasteiger partial charge in [0.15, 0.2) is 0 Å². The molecule has 0 aliphatic rings. The first-order valence-corrected chi connectivity index (χ1v) is 2.84. The Balaban J connectivity index is 4.45. The molecule has 0 aromatic carbocycles. The molecule has 0 saturated heterocycles. The van der Waals surface area contributed by atoms with Crippen LogP contribution in [-0.2, 0) is 4.79 Å². The van der Waals surface area contributed by atoms with Gasteiger partial charge in [-0.15, -0.1) is 0 Å². The number of hydrogen-bond acceptors (Lipinski definition) is 5. The van der Waals surface area contributed by atoms with Gasteiger partial charge in [-0.05, 0) is 0 Å². The van der Waals surface area contributed by atoms with Crippen molar-refractivity contribution in [1.29, 1.82) is 0 Å². The fraction of sp³-hybridized carbons (Fsp3) is 0.800. The first-order valence-electron chi connectivity index (χ1n) is 2.84. The number of carbonyl (C=O) groups is 1. The minimum absolute atomic E-state index is 0.927. The van der Waals surface area contributed by atoms with Crippen LogP contribution in [-0.4, -0.2) is 56.4 Å². The average Bonchev–Trinajstić information content (AvgIpc) is 2.01. The van der Waals surface area contributed by atoms with Crippen LogP contribution in [0, 0.1) is 0 Å². The normalized spacial score (nSPS) is 18.9. The lowest BCUT2D eigenvalue weighted by atomic mass is 9.99. The van der Waals surface area contributed by atoms with Gasteiger partial charge in [-0.1, -0.05) is 0 Å². The van der Waals surface area contributed by atoms with Gasteiger partial charge >= 0.3 is 5.97 Å². The van der Waals surface area contributed by atoms with Crippen molar-refractivity contribution in [2.75, 3.05) is 13.2 Å². The van der Waals surface area contributed by atoms with Gasteiger partial charge in [-0.2, -0.15) is 0 Å². The molecular formula is C5H10O6. The number of rotatable bonds is 4. The van der Waals surface area contributed by atoms with Crippen LogP contribution in [0.25, 0.3) is 0 Å². The van der Waals surface area contributed by atoms with Crippen LogP contribution >= 0.6 is 0 Å². The number of aliphatic carboxylic acids is 1. The topological polar surface area (TPSA) is 118 Å². The monoisotopic (exact) mass is 166 g/mol. The van der Waals surface area contributed by atoms with E-state index in [1.54, 1.807) is 0 Å². The largest absolute Gasteiger partial charge is 0.479 e. The van der Waals surface area contributed by atoms with Crippen LogP contribution in [0.3, 0.4) is 0 Å². The molecule has 0 aliphatic carbocycles. The van der Waals surface area contributed by atoms with Crippen molar-refractivity contribution in [1.82, 2.24) is 0 Å². The molecule has 0 fully saturated rings. The molecule has 0 radical (unpaired) electrons. The molecular weight excluding hydrogens is 156 g/mol. The van der Waals surface area contributed by atoms with Crippen molar-refractivity contribution < 1.29 is 30.3 Å². The molecule has 11 heavy (non-hydrogen) atoms. The van der Waals surface area contributed by atoms with Crippen molar-refractivity contribution in [2.45, 2.75) is 11.7 Å². The Morgan fingerprint density at radius 3 is 2.00 bits per heavy atom. The van der Waals surface area contributed by atoms with Crippen LogP contribution in [0.4, 0.5) is 0 Å². The Kier molecular flexibility index (Phi) is 3.40. The fourth-order valence-electron chi connectivity index (χ4n) is 0.467. The minimum atomic E-state index is -2.67. The van der Waals surface area contributed by atoms with Crippen molar-refractivity contribution in [3.63, 3.8) is 0 Å². The Bertz CT molecular complexity index is 146. The highest BCUT2D eigenvalue weighted by Crippen LogP contribution is 2.09. The van der Waals surface area contributed by atoms with Crippen LogP contribution < -0.4 is 0 Å². The molecule has 0 heterocycles. The molecule has 6 heteroatoms. The molecule has 0 rings (SSSR count). The van der Waals surface area contributed by atoms with Crippen LogP contribution in [0.5, 0.6) is 0 Å². The number of aliphatic hydroxyl groups excluding tert-OH is 3. The SMILES string of the molecule is O=C(O)C(O)(CO)C(O)CO. The molecule has 2 unspecified atom stereocenters. The van der Waals surface area contributed by atoms with Gasteiger partial charge in [-0.3, -0.25) is 0 Å². The predicted molar refractivity (Wildman–Crippen MR) is 32.8 cm³/mol. The second kappa shape index (κ2) is 3.63. The highest BCUT2D eigenvalue weighted by Gasteiger charge is 2.42. The lowest BCUT2D eigenvalue weighted by Crippen LogP contribution is -2.54. The van der Waals surface area contributed by atoms with Gasteiger partial charge in [0.1, 0.15) is 6.10 Å². The summed E-state index contributed by atoms with van der Waals surface area (Å²) in [5.41, 5.74) is -2.67. The zero-order valence-electron chi connectivity index (χ0n) is 5.64. The lowest BCUT2D eigenvalue weighted by Gasteiger charge is -2.24. The van der Waals surface area contributed by atoms with E-state index in [4.69, 9.17) is 25.5 Å². The molecule has 0 saturated carbocycles. The highest BCUT2D eigenvalue weighted by atomic mass is 16.4. The van der Waals surface area contributed by atoms with Crippen molar-refractivity contribution >= 4 is 5.97 Å². The zero-order chi connectivity index (χ0) is 9.07. The molecule has 0 amide bonds. The fourth-order valence-corrected chi connectivity index (χ4v) is 0.467. The molecule has 66 valence electrons. The Morgan fingerprint density at radius 2 is 1.91 bits per heavy atom. The summed E-state index contributed by atoms with van der Waals surface area (Å²) in [5, 5.41) is 42.5. The third-order valence-electron chi connectivity index (χ3n) is 1.34. The van der Waals surface area contributed by atoms with Crippen LogP contribution in [0.1, 0.15) is 0 Å². The number of hydrogen-bond donors (Lipinski definition) is 5. The van der Waals surface area contributed by atoms with E-state index in [1.807, 2.05) is 0 Å². The van der Waals surface area contributed by atoms with Gasteiger partial charge in [0, 0.05) is 0 Å². The van der Waals surface area contributed by atoms with E-state index in [9.17, 15) is 4.79 Å². The van der Waals surface area contributed by atoms with Crippen LogP contribution in [0.15, 0.2) is 0 Å². The maximum Gasteiger partial charge on any atom is 0.341 e. The summed E-state index contributed by atoms with van der Waals surface area (Å²) < 4.78 is 0. The average molecular weight is 166 g/mol. The second-order valence-corrected chi connectivity index (χ2v) is 2.09. The third-order valence-corrected chi connectivity index (χ3v) is 1.34. The molecule has 0 bridgehead atoms. The number of carboxylic acids is 1. The van der Waals surface area contributed by atoms with Gasteiger partial charge in [0.25, 0.3) is 0 Å². The molecule has 5 N–H and O–H groups in total. The van der Waals surface area contributed by atoms with Gasteiger partial charge in [0.05, 0.1) is 13.2 Å². The summed E-state index contributed by atoms with van der Waals surface area (Å²) in [6.45, 7) is -2.08. The van der Waals surface area contributed by atoms with E-state index in [-0.39, 0.29) is 0 Å². The summed E-state index contributed by atoms with van der Waals surface area (Å²) in [7, 11) is 0. The van der Waals surface area contributed by atoms with E-state index >= 15 is 0 Å². The summed E-state index contributed by atoms with van der Waals surface area (Å²) >= 11 is 0. The maximum absolute atomic E-state index is 10.2. The summed E-state index contributed by atoms with van der Waals surface area (Å²) in [6, 6.07) is 0. The van der Waals surface area contributed by atoms with Gasteiger partial charge in [-0.25, -0.2) is 4.79 Å². The number of carboxylic acid groups (broad SMARTS) is 1. The van der Waals surface area contributed by atoms with E-state index in [0.29, 0.717) is 0 Å². The van der Waals surface area contributed by atoms with Crippen molar-refractivity contribution in [3.8, 4) is 0 Å². The molecule has 0 aliphatic heterocycles. The molecule has 0 aromatic heterocycles. The van der Waals surface area contributed by atoms with Crippen LogP contribution in [0.2, 0.25) is 0 Å². The predicted octanol–water partition coefficient (Wildman–Crippen LogP) is -2.85. The minimum Gasteiger partial charge on any atom is -0.479 e. The zero-order valence-corrected chi connectivity index (χ0v) is 5.64. The van der Waals surface area contributed by atoms with Gasteiger partial charge in [0.2, 0.25) is 5.60 Å². The van der Waals surface area contributed by atoms with Gasteiger partial charge < -0.3 is 25.5 Å². The molecule has 0 aromatic rings. The molecule has 2 atom stereocenters. The first kappa shape index (κ1) is 10.3. The Labute approximate surface area is 62.3 Å². The molecule has 0 spiro atoms. The van der Waals surface area contributed by atoms with E-state index < -0.39 is 30.9 Å². The van der Waals surface area contributed by atoms with Crippen molar-refractivity contribution in [3.05, 3.63) is 0 Å². The van der Waals surface area contributed by atoms with E-state index in [2.05, 4.69) is 0 Å². The quantitative estimate of drug-likeness (QED) is 0.307. The highest BCUT2D eigenvalue weighted by molar-refractivity contribution is 5.78. The standard InChI is InChI=1S/C5H10O6/c6-1-3(8)5(11,2-7)4(9)10/h3,6-8,11H,1-2H2,(H,9,10). The molecule has 6 nitrogen and oxygen atoms in total. The third kappa shape index (κ3) is 1.87. The Morgan fingerprint density at radius 1 is 1.45 bits per heavy atom. The lowest BCUT2D eigenvalue weighted by molar-refractivity contribution is -0.181. The van der Waals surface area contributed by atoms with E-state index in [1.165, 1.54) is 0 Å². The summed E-state index contributed by atoms with van der Waals surface area (Å²) in [6.07, 6.45) is -1.88. The maximum atomic E-state index is 10.2. The van der Waals surface area contributed by atoms with Crippen molar-refractivity contribution in [2.24, 2.45) is 0 Å². The smallest absolute Gasteiger partial charge is 0.341 e. The van der Waals surface area contributed by atoms with E-state index in [0.717, 1.165) is 0 Å². The second-order valence-electron chi connectivity index (χ2n) is 2.09. The number of aliphatic hydroxyl groups is 4. The summed E-state index contributed by atoms with van der Waals surface area (Å²) in [5.74, 6) is -1.78.